The minimum Gasteiger partial charge on any atom is -0.445 e. The van der Waals surface area contributed by atoms with Crippen molar-refractivity contribution in [3.05, 3.63) is 149 Å². The number of likely N-dealkylation sites (tertiary alicyclic amines) is 1. The molecule has 1 aliphatic carbocycles. The number of ether oxygens (including phenoxy) is 1. The van der Waals surface area contributed by atoms with Crippen LogP contribution in [-0.4, -0.2) is 71.9 Å². The Bertz CT molecular complexity index is 2860. The molecule has 1 aliphatic heterocycles. The Morgan fingerprint density at radius 3 is 2.39 bits per heavy atom. The molecular formula is C47H43N9O6. The monoisotopic (exact) mass is 829 g/mol. The van der Waals surface area contributed by atoms with Gasteiger partial charge in [-0.1, -0.05) is 66.7 Å². The maximum absolute atomic E-state index is 13.3. The lowest BCUT2D eigenvalue weighted by Crippen LogP contribution is -2.51. The number of carbonyl (C=O) groups excluding carboxylic acids is 4. The predicted molar refractivity (Wildman–Crippen MR) is 232 cm³/mol. The molecule has 312 valence electrons. The molecule has 1 saturated carbocycles. The Kier molecular flexibility index (Phi) is 10.7. The summed E-state index contributed by atoms with van der Waals surface area (Å²) >= 11 is 0. The number of pyridine rings is 3. The molecule has 4 N–H and O–H groups in total. The number of aromatic amines is 1. The minimum atomic E-state index is -0.820. The second-order valence-corrected chi connectivity index (χ2v) is 15.7. The summed E-state index contributed by atoms with van der Waals surface area (Å²) in [6.07, 6.45) is 7.81. The van der Waals surface area contributed by atoms with Crippen LogP contribution in [0.25, 0.3) is 38.9 Å². The van der Waals surface area contributed by atoms with Crippen LogP contribution in [0.2, 0.25) is 0 Å². The van der Waals surface area contributed by atoms with Crippen molar-refractivity contribution in [3.63, 3.8) is 0 Å². The molecule has 62 heavy (non-hydrogen) atoms. The van der Waals surface area contributed by atoms with E-state index >= 15 is 0 Å². The molecule has 9 rings (SSSR count). The Morgan fingerprint density at radius 1 is 0.903 bits per heavy atom. The highest BCUT2D eigenvalue weighted by Gasteiger charge is 2.41. The fourth-order valence-corrected chi connectivity index (χ4v) is 8.32. The molecular weight excluding hydrogens is 787 g/mol. The van der Waals surface area contributed by atoms with E-state index in [1.807, 2.05) is 66.7 Å². The number of rotatable bonds is 11. The average Bonchev–Trinajstić information content (AvgIpc) is 3.95. The molecule has 2 fully saturated rings. The lowest BCUT2D eigenvalue weighted by atomic mass is 9.71. The van der Waals surface area contributed by atoms with Crippen LogP contribution in [0.4, 0.5) is 10.5 Å². The first-order valence-corrected chi connectivity index (χ1v) is 20.6. The highest BCUT2D eigenvalue weighted by molar-refractivity contribution is 6.01. The number of hydrogen-bond donors (Lipinski definition) is 4. The van der Waals surface area contributed by atoms with Gasteiger partial charge in [-0.3, -0.25) is 19.4 Å². The summed E-state index contributed by atoms with van der Waals surface area (Å²) in [7, 11) is 0. The van der Waals surface area contributed by atoms with Crippen LogP contribution in [0.5, 0.6) is 0 Å². The molecule has 0 unspecified atom stereocenters. The molecule has 0 radical (unpaired) electrons. The number of hydrogen-bond acceptors (Lipinski definition) is 9. The highest BCUT2D eigenvalue weighted by atomic mass is 16.5. The van der Waals surface area contributed by atoms with Crippen molar-refractivity contribution in [1.82, 2.24) is 40.1 Å². The first kappa shape index (κ1) is 39.8. The first-order valence-electron chi connectivity index (χ1n) is 20.6. The topological polar surface area (TPSA) is 193 Å². The number of alkyl carbamates (subject to hydrolysis) is 1. The quantitative estimate of drug-likeness (QED) is 0.115. The molecule has 0 spiro atoms. The van der Waals surface area contributed by atoms with Gasteiger partial charge in [0.1, 0.15) is 18.7 Å². The van der Waals surface area contributed by atoms with Gasteiger partial charge in [-0.2, -0.15) is 5.10 Å². The number of amides is 4. The second-order valence-electron chi connectivity index (χ2n) is 15.7. The SMILES string of the molecule is C[C@@H](NC(=O)c1ccncc1)C(=O)N1CCC[C@H]1C(=O)Nc1ccc(COC(=O)NC2(c3ccc(-c4nc5ccn6c(=O)[nH]nc6c5cc4-c4ccccc4)cc3)CCC2)cc1. The van der Waals surface area contributed by atoms with Gasteiger partial charge < -0.3 is 25.6 Å². The van der Waals surface area contributed by atoms with E-state index in [-0.39, 0.29) is 24.1 Å². The van der Waals surface area contributed by atoms with Crippen LogP contribution < -0.4 is 21.6 Å². The third-order valence-corrected chi connectivity index (χ3v) is 11.8. The summed E-state index contributed by atoms with van der Waals surface area (Å²) in [6.45, 7) is 2.05. The Morgan fingerprint density at radius 2 is 1.66 bits per heavy atom. The zero-order chi connectivity index (χ0) is 42.8. The normalized spacial score (nSPS) is 16.0. The van der Waals surface area contributed by atoms with Crippen molar-refractivity contribution in [3.8, 4) is 22.4 Å². The summed E-state index contributed by atoms with van der Waals surface area (Å²) in [5.41, 5.74) is 6.51. The Balaban J connectivity index is 0.820. The number of anilines is 1. The van der Waals surface area contributed by atoms with Gasteiger partial charge in [0.05, 0.1) is 16.7 Å². The number of nitrogens with one attached hydrogen (secondary N) is 4. The summed E-state index contributed by atoms with van der Waals surface area (Å²) in [5, 5.41) is 16.3. The number of H-pyrrole nitrogens is 1. The molecule has 3 aromatic carbocycles. The van der Waals surface area contributed by atoms with Gasteiger partial charge >= 0.3 is 11.8 Å². The van der Waals surface area contributed by atoms with Crippen molar-refractivity contribution < 1.29 is 23.9 Å². The van der Waals surface area contributed by atoms with E-state index < -0.39 is 29.6 Å². The van der Waals surface area contributed by atoms with Crippen molar-refractivity contribution in [1.29, 1.82) is 0 Å². The standard InChI is InChI=1S/C47H43N9O6/c1-29(49-42(57)33-18-23-48-24-19-33)44(59)55-25-5-9-39(55)43(58)50-35-16-10-30(11-17-35)28-62-46(61)52-47(21-6-22-47)34-14-12-32(13-15-34)40-36(31-7-3-2-4-8-31)27-37-38(51-40)20-26-56-41(37)53-54-45(56)60/h2-4,7-8,10-20,23-24,26-27,29,39H,5-6,9,21-22,25,28H2,1H3,(H,49,57)(H,50,58)(H,52,61)(H,54,60)/t29-,39+/m1/s1. The van der Waals surface area contributed by atoms with Crippen LogP contribution in [0.15, 0.2) is 127 Å². The molecule has 0 bridgehead atoms. The van der Waals surface area contributed by atoms with E-state index in [9.17, 15) is 24.0 Å². The van der Waals surface area contributed by atoms with E-state index in [1.165, 1.54) is 21.7 Å². The van der Waals surface area contributed by atoms with Crippen molar-refractivity contribution in [2.24, 2.45) is 0 Å². The zero-order valence-electron chi connectivity index (χ0n) is 33.8. The van der Waals surface area contributed by atoms with Crippen LogP contribution >= 0.6 is 0 Å². The number of nitrogens with zero attached hydrogens (tertiary/aromatic N) is 5. The van der Waals surface area contributed by atoms with E-state index in [0.717, 1.165) is 58.2 Å². The molecule has 2 atom stereocenters. The van der Waals surface area contributed by atoms with E-state index in [4.69, 9.17) is 9.72 Å². The molecule has 2 aliphatic rings. The van der Waals surface area contributed by atoms with Gasteiger partial charge in [0, 0.05) is 52.9 Å². The number of fused-ring (bicyclic) bond motifs is 3. The maximum atomic E-state index is 13.3. The average molecular weight is 830 g/mol. The summed E-state index contributed by atoms with van der Waals surface area (Å²) < 4.78 is 7.15. The predicted octanol–water partition coefficient (Wildman–Crippen LogP) is 6.35. The number of benzene rings is 3. The van der Waals surface area contributed by atoms with E-state index in [2.05, 4.69) is 31.1 Å². The van der Waals surface area contributed by atoms with Gasteiger partial charge in [-0.05, 0) is 92.1 Å². The van der Waals surface area contributed by atoms with Crippen LogP contribution in [0.3, 0.4) is 0 Å². The summed E-state index contributed by atoms with van der Waals surface area (Å²) in [5.74, 6) is -1.03. The zero-order valence-corrected chi connectivity index (χ0v) is 33.8. The Hall–Kier alpha value is -7.68. The summed E-state index contributed by atoms with van der Waals surface area (Å²) in [4.78, 5) is 75.3. The minimum absolute atomic E-state index is 0.0260. The van der Waals surface area contributed by atoms with E-state index in [0.29, 0.717) is 41.8 Å². The number of carbonyl (C=O) groups is 4. The molecule has 1 saturated heterocycles. The molecule has 4 amide bonds. The van der Waals surface area contributed by atoms with Gasteiger partial charge in [0.25, 0.3) is 5.91 Å². The largest absolute Gasteiger partial charge is 0.445 e. The highest BCUT2D eigenvalue weighted by Crippen LogP contribution is 2.42. The van der Waals surface area contributed by atoms with E-state index in [1.54, 1.807) is 49.5 Å². The van der Waals surface area contributed by atoms with Gasteiger partial charge in [-0.25, -0.2) is 24.1 Å². The fourth-order valence-electron chi connectivity index (χ4n) is 8.32. The lowest BCUT2D eigenvalue weighted by Gasteiger charge is -2.42. The van der Waals surface area contributed by atoms with Gasteiger partial charge in [-0.15, -0.1) is 0 Å². The van der Waals surface area contributed by atoms with Crippen molar-refractivity contribution in [2.75, 3.05) is 11.9 Å². The molecule has 15 nitrogen and oxygen atoms in total. The lowest BCUT2D eigenvalue weighted by molar-refractivity contribution is -0.137. The smallest absolute Gasteiger partial charge is 0.408 e. The van der Waals surface area contributed by atoms with Gasteiger partial charge in [0.15, 0.2) is 5.65 Å². The van der Waals surface area contributed by atoms with Crippen LogP contribution in [0, 0.1) is 0 Å². The van der Waals surface area contributed by atoms with Crippen LogP contribution in [-0.2, 0) is 26.5 Å². The molecule has 5 heterocycles. The third-order valence-electron chi connectivity index (χ3n) is 11.8. The maximum Gasteiger partial charge on any atom is 0.408 e. The van der Waals surface area contributed by atoms with Crippen molar-refractivity contribution >= 4 is 46.1 Å². The fraction of sp³-hybridized carbons (Fsp3) is 0.234. The van der Waals surface area contributed by atoms with Crippen molar-refractivity contribution in [2.45, 2.75) is 63.3 Å². The third kappa shape index (κ3) is 7.87. The van der Waals surface area contributed by atoms with Gasteiger partial charge in [0.2, 0.25) is 11.8 Å². The summed E-state index contributed by atoms with van der Waals surface area (Å²) in [6, 6.07) is 30.5. The second kappa shape index (κ2) is 16.8. The Labute approximate surface area is 355 Å². The number of aromatic nitrogens is 5. The molecule has 7 aromatic rings. The molecule has 4 aromatic heterocycles. The molecule has 15 heteroatoms. The first-order chi connectivity index (χ1) is 30.2. The van der Waals surface area contributed by atoms with Crippen LogP contribution in [0.1, 0.15) is 60.5 Å².